The van der Waals surface area contributed by atoms with Crippen molar-refractivity contribution in [1.82, 2.24) is 9.78 Å². The van der Waals surface area contributed by atoms with Gasteiger partial charge in [0.25, 0.3) is 5.56 Å². The molecular weight excluding hydrogens is 338 g/mol. The van der Waals surface area contributed by atoms with E-state index in [0.717, 1.165) is 17.5 Å². The lowest BCUT2D eigenvalue weighted by Crippen LogP contribution is -2.29. The molecule has 21 heavy (non-hydrogen) atoms. The molecule has 1 N–H and O–H groups in total. The molecule has 7 heteroatoms. The van der Waals surface area contributed by atoms with Gasteiger partial charge < -0.3 is 10.1 Å². The second-order valence-electron chi connectivity index (χ2n) is 5.24. The highest BCUT2D eigenvalue weighted by molar-refractivity contribution is 9.10. The minimum absolute atomic E-state index is 0.183. The molecule has 116 valence electrons. The summed E-state index contributed by atoms with van der Waals surface area (Å²) in [4.78, 5) is 23.4. The summed E-state index contributed by atoms with van der Waals surface area (Å²) in [6.45, 7) is -0.183. The average Bonchev–Trinajstić information content (AvgIpc) is 2.75. The molecule has 6 nitrogen and oxygen atoms in total. The number of hydrogen-bond acceptors (Lipinski definition) is 5. The predicted octanol–water partition coefficient (Wildman–Crippen LogP) is 2.31. The molecule has 0 spiro atoms. The lowest BCUT2D eigenvalue weighted by atomic mass is 10.1. The van der Waals surface area contributed by atoms with Gasteiger partial charge in [-0.1, -0.05) is 25.7 Å². The summed E-state index contributed by atoms with van der Waals surface area (Å²) in [5.41, 5.74) is 0.354. The maximum absolute atomic E-state index is 12.2. The molecule has 1 aromatic rings. The van der Waals surface area contributed by atoms with Crippen molar-refractivity contribution in [2.75, 3.05) is 12.4 Å². The third kappa shape index (κ3) is 4.30. The highest BCUT2D eigenvalue weighted by Gasteiger charge is 2.16. The van der Waals surface area contributed by atoms with E-state index in [0.29, 0.717) is 16.2 Å². The van der Waals surface area contributed by atoms with Crippen LogP contribution in [0.25, 0.3) is 0 Å². The zero-order valence-corrected chi connectivity index (χ0v) is 13.7. The molecule has 0 bridgehead atoms. The van der Waals surface area contributed by atoms with Gasteiger partial charge in [0.15, 0.2) is 0 Å². The van der Waals surface area contributed by atoms with Crippen LogP contribution in [0.15, 0.2) is 15.5 Å². The van der Waals surface area contributed by atoms with Crippen LogP contribution in [-0.2, 0) is 16.1 Å². The Morgan fingerprint density at radius 1 is 1.43 bits per heavy atom. The quantitative estimate of drug-likeness (QED) is 0.661. The van der Waals surface area contributed by atoms with E-state index in [9.17, 15) is 9.59 Å². The van der Waals surface area contributed by atoms with Crippen LogP contribution < -0.4 is 10.9 Å². The van der Waals surface area contributed by atoms with E-state index in [1.54, 1.807) is 6.20 Å². The Morgan fingerprint density at radius 2 is 2.10 bits per heavy atom. The monoisotopic (exact) mass is 357 g/mol. The number of carbonyl (C=O) groups excluding carboxylic acids is 1. The van der Waals surface area contributed by atoms with E-state index in [-0.39, 0.29) is 12.1 Å². The Bertz CT molecular complexity index is 551. The number of aromatic nitrogens is 2. The van der Waals surface area contributed by atoms with Gasteiger partial charge in [0.2, 0.25) is 0 Å². The van der Waals surface area contributed by atoms with Crippen LogP contribution in [0.3, 0.4) is 0 Å². The average molecular weight is 358 g/mol. The molecule has 0 aromatic carbocycles. The maximum atomic E-state index is 12.2. The van der Waals surface area contributed by atoms with Crippen molar-refractivity contribution < 1.29 is 9.53 Å². The fourth-order valence-corrected chi connectivity index (χ4v) is 2.93. The second-order valence-corrected chi connectivity index (χ2v) is 6.04. The number of methoxy groups -OCH3 is 1. The number of esters is 1. The molecule has 1 aliphatic carbocycles. The summed E-state index contributed by atoms with van der Waals surface area (Å²) in [6, 6.07) is 0.376. The normalized spacial score (nSPS) is 16.3. The summed E-state index contributed by atoms with van der Waals surface area (Å²) >= 11 is 3.30. The molecule has 0 atom stereocenters. The summed E-state index contributed by atoms with van der Waals surface area (Å²) in [7, 11) is 1.28. The van der Waals surface area contributed by atoms with Gasteiger partial charge in [-0.05, 0) is 28.8 Å². The fourth-order valence-electron chi connectivity index (χ4n) is 2.51. The molecule has 0 radical (unpaired) electrons. The number of halogens is 1. The summed E-state index contributed by atoms with van der Waals surface area (Å²) in [5.74, 6) is -0.499. The highest BCUT2D eigenvalue weighted by Crippen LogP contribution is 2.23. The first kappa shape index (κ1) is 16.0. The van der Waals surface area contributed by atoms with Gasteiger partial charge in [-0.3, -0.25) is 9.59 Å². The van der Waals surface area contributed by atoms with E-state index in [4.69, 9.17) is 0 Å². The number of anilines is 1. The lowest BCUT2D eigenvalue weighted by Gasteiger charge is -2.18. The SMILES string of the molecule is COC(=O)Cn1ncc(NC2CCCCCC2)c(Br)c1=O. The molecule has 1 aromatic heterocycles. The molecule has 1 heterocycles. The number of nitrogens with one attached hydrogen (secondary N) is 1. The van der Waals surface area contributed by atoms with Crippen molar-refractivity contribution in [3.63, 3.8) is 0 Å². The number of ether oxygens (including phenoxy) is 1. The molecule has 1 saturated carbocycles. The molecule has 0 saturated heterocycles. The van der Waals surface area contributed by atoms with Crippen LogP contribution >= 0.6 is 15.9 Å². The molecule has 2 rings (SSSR count). The third-order valence-corrected chi connectivity index (χ3v) is 4.47. The van der Waals surface area contributed by atoms with Gasteiger partial charge in [-0.15, -0.1) is 0 Å². The Kier molecular flexibility index (Phi) is 5.78. The van der Waals surface area contributed by atoms with Crippen molar-refractivity contribution in [1.29, 1.82) is 0 Å². The predicted molar refractivity (Wildman–Crippen MR) is 83.3 cm³/mol. The van der Waals surface area contributed by atoms with Crippen molar-refractivity contribution in [3.05, 3.63) is 21.0 Å². The van der Waals surface area contributed by atoms with E-state index in [2.05, 4.69) is 31.1 Å². The summed E-state index contributed by atoms with van der Waals surface area (Å²) in [6.07, 6.45) is 8.77. The highest BCUT2D eigenvalue weighted by atomic mass is 79.9. The van der Waals surface area contributed by atoms with Crippen LogP contribution in [0.4, 0.5) is 5.69 Å². The third-order valence-electron chi connectivity index (χ3n) is 3.71. The van der Waals surface area contributed by atoms with Crippen molar-refractivity contribution in [2.45, 2.75) is 51.1 Å². The minimum atomic E-state index is -0.499. The zero-order chi connectivity index (χ0) is 15.2. The van der Waals surface area contributed by atoms with Gasteiger partial charge in [-0.25, -0.2) is 4.68 Å². The summed E-state index contributed by atoms with van der Waals surface area (Å²) in [5, 5.41) is 7.41. The first-order valence-corrected chi connectivity index (χ1v) is 8.00. The van der Waals surface area contributed by atoms with Crippen LogP contribution in [-0.4, -0.2) is 28.9 Å². The number of carbonyl (C=O) groups is 1. The van der Waals surface area contributed by atoms with Crippen LogP contribution in [0.5, 0.6) is 0 Å². The Balaban J connectivity index is 2.12. The van der Waals surface area contributed by atoms with E-state index in [1.165, 1.54) is 32.8 Å². The van der Waals surface area contributed by atoms with Gasteiger partial charge in [0.05, 0.1) is 19.0 Å². The molecule has 0 amide bonds. The summed E-state index contributed by atoms with van der Waals surface area (Å²) < 4.78 is 6.04. The molecule has 0 unspecified atom stereocenters. The first-order valence-electron chi connectivity index (χ1n) is 7.21. The standard InChI is InChI=1S/C14H20BrN3O3/c1-21-12(19)9-18-14(20)13(15)11(8-16-18)17-10-6-4-2-3-5-7-10/h8,10,17H,2-7,9H2,1H3. The van der Waals surface area contributed by atoms with Crippen molar-refractivity contribution in [3.8, 4) is 0 Å². The van der Waals surface area contributed by atoms with Crippen LogP contribution in [0.2, 0.25) is 0 Å². The Morgan fingerprint density at radius 3 is 2.71 bits per heavy atom. The van der Waals surface area contributed by atoms with Gasteiger partial charge in [0, 0.05) is 6.04 Å². The van der Waals surface area contributed by atoms with E-state index < -0.39 is 5.97 Å². The first-order chi connectivity index (χ1) is 10.1. The molecule has 1 fully saturated rings. The number of nitrogens with zero attached hydrogens (tertiary/aromatic N) is 2. The number of rotatable bonds is 4. The largest absolute Gasteiger partial charge is 0.468 e. The van der Waals surface area contributed by atoms with Crippen molar-refractivity contribution >= 4 is 27.6 Å². The fraction of sp³-hybridized carbons (Fsp3) is 0.643. The second kappa shape index (κ2) is 7.59. The number of hydrogen-bond donors (Lipinski definition) is 1. The van der Waals surface area contributed by atoms with E-state index >= 15 is 0 Å². The van der Waals surface area contributed by atoms with Gasteiger partial charge >= 0.3 is 5.97 Å². The molecule has 0 aliphatic heterocycles. The van der Waals surface area contributed by atoms with Gasteiger partial charge in [0.1, 0.15) is 11.0 Å². The van der Waals surface area contributed by atoms with Crippen LogP contribution in [0, 0.1) is 0 Å². The van der Waals surface area contributed by atoms with Crippen LogP contribution in [0.1, 0.15) is 38.5 Å². The van der Waals surface area contributed by atoms with E-state index in [1.807, 2.05) is 0 Å². The minimum Gasteiger partial charge on any atom is -0.468 e. The maximum Gasteiger partial charge on any atom is 0.327 e. The van der Waals surface area contributed by atoms with Crippen molar-refractivity contribution in [2.24, 2.45) is 0 Å². The zero-order valence-electron chi connectivity index (χ0n) is 12.1. The molecular formula is C14H20BrN3O3. The Labute approximate surface area is 132 Å². The smallest absolute Gasteiger partial charge is 0.327 e. The topological polar surface area (TPSA) is 73.2 Å². The van der Waals surface area contributed by atoms with Gasteiger partial charge in [-0.2, -0.15) is 5.10 Å². The Hall–Kier alpha value is -1.37. The lowest BCUT2D eigenvalue weighted by molar-refractivity contribution is -0.141. The molecule has 1 aliphatic rings.